The van der Waals surface area contributed by atoms with Crippen molar-refractivity contribution in [2.24, 2.45) is 0 Å². The van der Waals surface area contributed by atoms with Crippen LogP contribution in [0.5, 0.6) is 0 Å². The van der Waals surface area contributed by atoms with E-state index in [4.69, 9.17) is 4.42 Å². The van der Waals surface area contributed by atoms with Crippen molar-refractivity contribution < 1.29 is 22.4 Å². The van der Waals surface area contributed by atoms with E-state index in [1.165, 1.54) is 30.5 Å². The van der Waals surface area contributed by atoms with Gasteiger partial charge in [-0.1, -0.05) is 18.2 Å². The van der Waals surface area contributed by atoms with Crippen LogP contribution in [0.4, 0.5) is 19.0 Å². The average molecular weight is 332 g/mol. The number of alkyl halides is 3. The molecule has 3 aromatic rings. The van der Waals surface area contributed by atoms with E-state index < -0.39 is 17.6 Å². The number of hydrogen-bond acceptors (Lipinski definition) is 3. The second kappa shape index (κ2) is 6.19. The van der Waals surface area contributed by atoms with Crippen molar-refractivity contribution in [2.75, 3.05) is 5.32 Å². The molecule has 0 radical (unpaired) electrons. The standard InChI is InChI=1S/C17H11F3N2O2/c18-17(19,20)12-5-3-4-11(10-12)13-7-8-14(24-13)16(23)22-15-6-1-2-9-21-15/h1-10H,(H,21,22,23). The lowest BCUT2D eigenvalue weighted by Gasteiger charge is -2.07. The number of aromatic nitrogens is 1. The fourth-order valence-corrected chi connectivity index (χ4v) is 2.08. The molecule has 2 heterocycles. The average Bonchev–Trinajstić information content (AvgIpc) is 3.05. The fourth-order valence-electron chi connectivity index (χ4n) is 2.08. The molecule has 122 valence electrons. The Labute approximate surface area is 134 Å². The largest absolute Gasteiger partial charge is 0.451 e. The number of halogens is 3. The van der Waals surface area contributed by atoms with Gasteiger partial charge >= 0.3 is 6.18 Å². The van der Waals surface area contributed by atoms with Gasteiger partial charge in [0, 0.05) is 11.8 Å². The van der Waals surface area contributed by atoms with Crippen LogP contribution in [-0.2, 0) is 6.18 Å². The first kappa shape index (κ1) is 15.8. The molecule has 1 aromatic carbocycles. The van der Waals surface area contributed by atoms with Crippen LogP contribution >= 0.6 is 0 Å². The first-order valence-corrected chi connectivity index (χ1v) is 6.93. The third-order valence-electron chi connectivity index (χ3n) is 3.21. The lowest BCUT2D eigenvalue weighted by molar-refractivity contribution is -0.137. The van der Waals surface area contributed by atoms with Gasteiger partial charge in [-0.2, -0.15) is 13.2 Å². The Bertz CT molecular complexity index is 858. The second-order valence-corrected chi connectivity index (χ2v) is 4.91. The minimum Gasteiger partial charge on any atom is -0.451 e. The molecule has 0 spiro atoms. The van der Waals surface area contributed by atoms with Crippen molar-refractivity contribution in [1.82, 2.24) is 4.98 Å². The number of amides is 1. The van der Waals surface area contributed by atoms with Crippen LogP contribution in [0.3, 0.4) is 0 Å². The zero-order valence-corrected chi connectivity index (χ0v) is 12.2. The normalized spacial score (nSPS) is 11.3. The molecule has 0 aliphatic heterocycles. The highest BCUT2D eigenvalue weighted by atomic mass is 19.4. The smallest absolute Gasteiger partial charge is 0.416 e. The number of benzene rings is 1. The Morgan fingerprint density at radius 1 is 1.04 bits per heavy atom. The van der Waals surface area contributed by atoms with Gasteiger partial charge in [0.2, 0.25) is 0 Å². The van der Waals surface area contributed by atoms with Gasteiger partial charge in [-0.3, -0.25) is 4.79 Å². The summed E-state index contributed by atoms with van der Waals surface area (Å²) in [5, 5.41) is 2.53. The summed E-state index contributed by atoms with van der Waals surface area (Å²) in [4.78, 5) is 16.0. The summed E-state index contributed by atoms with van der Waals surface area (Å²) in [5.41, 5.74) is -0.544. The van der Waals surface area contributed by atoms with Gasteiger partial charge in [0.1, 0.15) is 11.6 Å². The van der Waals surface area contributed by atoms with Crippen LogP contribution in [0, 0.1) is 0 Å². The highest BCUT2D eigenvalue weighted by molar-refractivity contribution is 6.02. The van der Waals surface area contributed by atoms with Crippen LogP contribution < -0.4 is 5.32 Å². The predicted molar refractivity (Wildman–Crippen MR) is 81.3 cm³/mol. The number of carbonyl (C=O) groups is 1. The van der Waals surface area contributed by atoms with Crippen molar-refractivity contribution in [3.63, 3.8) is 0 Å². The van der Waals surface area contributed by atoms with E-state index in [0.29, 0.717) is 5.82 Å². The molecule has 7 heteroatoms. The van der Waals surface area contributed by atoms with E-state index >= 15 is 0 Å². The van der Waals surface area contributed by atoms with Crippen molar-refractivity contribution in [3.8, 4) is 11.3 Å². The van der Waals surface area contributed by atoms with Crippen LogP contribution in [0.2, 0.25) is 0 Å². The summed E-state index contributed by atoms with van der Waals surface area (Å²) in [6.07, 6.45) is -2.92. The molecule has 0 atom stereocenters. The topological polar surface area (TPSA) is 55.1 Å². The number of hydrogen-bond donors (Lipinski definition) is 1. The monoisotopic (exact) mass is 332 g/mol. The Kier molecular flexibility index (Phi) is 4.07. The number of anilines is 1. The van der Waals surface area contributed by atoms with Crippen molar-refractivity contribution in [1.29, 1.82) is 0 Å². The molecule has 1 amide bonds. The predicted octanol–water partition coefficient (Wildman–Crippen LogP) is 4.61. The van der Waals surface area contributed by atoms with E-state index in [1.54, 1.807) is 18.2 Å². The van der Waals surface area contributed by atoms with E-state index in [0.717, 1.165) is 12.1 Å². The summed E-state index contributed by atoms with van der Waals surface area (Å²) in [5.74, 6) is -0.0354. The van der Waals surface area contributed by atoms with Gasteiger partial charge in [-0.05, 0) is 36.4 Å². The van der Waals surface area contributed by atoms with Gasteiger partial charge in [-0.15, -0.1) is 0 Å². The molecule has 0 aliphatic rings. The molecule has 3 rings (SSSR count). The highest BCUT2D eigenvalue weighted by Gasteiger charge is 2.30. The molecule has 1 N–H and O–H groups in total. The Balaban J connectivity index is 1.82. The second-order valence-electron chi connectivity index (χ2n) is 4.91. The minimum atomic E-state index is -4.44. The summed E-state index contributed by atoms with van der Waals surface area (Å²) in [6, 6.07) is 12.6. The third kappa shape index (κ3) is 3.45. The van der Waals surface area contributed by atoms with Gasteiger partial charge in [-0.25, -0.2) is 4.98 Å². The van der Waals surface area contributed by atoms with Crippen LogP contribution in [0.25, 0.3) is 11.3 Å². The Hall–Kier alpha value is -3.09. The number of pyridine rings is 1. The lowest BCUT2D eigenvalue weighted by atomic mass is 10.1. The first-order valence-electron chi connectivity index (χ1n) is 6.93. The molecular formula is C17H11F3N2O2. The fraction of sp³-hybridized carbons (Fsp3) is 0.0588. The zero-order chi connectivity index (χ0) is 17.2. The molecule has 0 bridgehead atoms. The summed E-state index contributed by atoms with van der Waals surface area (Å²) >= 11 is 0. The molecule has 0 unspecified atom stereocenters. The number of nitrogens with one attached hydrogen (secondary N) is 1. The quantitative estimate of drug-likeness (QED) is 0.762. The number of furan rings is 1. The maximum atomic E-state index is 12.8. The molecule has 2 aromatic heterocycles. The minimum absolute atomic E-state index is 0.0203. The van der Waals surface area contributed by atoms with E-state index in [-0.39, 0.29) is 17.1 Å². The maximum absolute atomic E-state index is 12.8. The van der Waals surface area contributed by atoms with Crippen molar-refractivity contribution >= 4 is 11.7 Å². The molecular weight excluding hydrogens is 321 g/mol. The summed E-state index contributed by atoms with van der Waals surface area (Å²) in [7, 11) is 0. The zero-order valence-electron chi connectivity index (χ0n) is 12.2. The van der Waals surface area contributed by atoms with Crippen LogP contribution in [-0.4, -0.2) is 10.9 Å². The summed E-state index contributed by atoms with van der Waals surface area (Å²) in [6.45, 7) is 0. The number of nitrogens with zero attached hydrogens (tertiary/aromatic N) is 1. The van der Waals surface area contributed by atoms with Crippen molar-refractivity contribution in [2.45, 2.75) is 6.18 Å². The molecule has 0 saturated carbocycles. The number of rotatable bonds is 3. The summed E-state index contributed by atoms with van der Waals surface area (Å²) < 4.78 is 43.6. The number of carbonyl (C=O) groups excluding carboxylic acids is 1. The maximum Gasteiger partial charge on any atom is 0.416 e. The molecule has 0 aliphatic carbocycles. The molecule has 4 nitrogen and oxygen atoms in total. The van der Waals surface area contributed by atoms with Gasteiger partial charge in [0.05, 0.1) is 5.56 Å². The Morgan fingerprint density at radius 3 is 2.58 bits per heavy atom. The van der Waals surface area contributed by atoms with E-state index in [1.807, 2.05) is 0 Å². The molecule has 0 fully saturated rings. The van der Waals surface area contributed by atoms with Gasteiger partial charge in [0.15, 0.2) is 5.76 Å². The Morgan fingerprint density at radius 2 is 1.88 bits per heavy atom. The van der Waals surface area contributed by atoms with E-state index in [9.17, 15) is 18.0 Å². The third-order valence-corrected chi connectivity index (χ3v) is 3.21. The van der Waals surface area contributed by atoms with Crippen LogP contribution in [0.1, 0.15) is 16.1 Å². The molecule has 0 saturated heterocycles. The SMILES string of the molecule is O=C(Nc1ccccn1)c1ccc(-c2cccc(C(F)(F)F)c2)o1. The van der Waals surface area contributed by atoms with E-state index in [2.05, 4.69) is 10.3 Å². The van der Waals surface area contributed by atoms with Gasteiger partial charge < -0.3 is 9.73 Å². The van der Waals surface area contributed by atoms with Crippen molar-refractivity contribution in [3.05, 3.63) is 72.1 Å². The lowest BCUT2D eigenvalue weighted by Crippen LogP contribution is -2.11. The van der Waals surface area contributed by atoms with Gasteiger partial charge in [0.25, 0.3) is 5.91 Å². The first-order chi connectivity index (χ1) is 11.4. The van der Waals surface area contributed by atoms with Crippen LogP contribution in [0.15, 0.2) is 65.2 Å². The highest BCUT2D eigenvalue weighted by Crippen LogP contribution is 2.32. The molecule has 24 heavy (non-hydrogen) atoms.